The molecule has 0 bridgehead atoms. The van der Waals surface area contributed by atoms with Gasteiger partial charge in [0.1, 0.15) is 5.54 Å². The molecule has 0 aromatic rings. The highest BCUT2D eigenvalue weighted by Gasteiger charge is 2.49. The maximum atomic E-state index is 12.6. The zero-order valence-corrected chi connectivity index (χ0v) is 11.6. The fourth-order valence-electron chi connectivity index (χ4n) is 3.61. The molecule has 1 aliphatic carbocycles. The van der Waals surface area contributed by atoms with Crippen LogP contribution in [0, 0.1) is 5.92 Å². The summed E-state index contributed by atoms with van der Waals surface area (Å²) in [4.78, 5) is 25.9. The Morgan fingerprint density at radius 3 is 2.68 bits per heavy atom. The van der Waals surface area contributed by atoms with Gasteiger partial charge < -0.3 is 15.7 Å². The number of aliphatic carboxylic acids is 1. The smallest absolute Gasteiger partial charge is 0.329 e. The van der Waals surface area contributed by atoms with Crippen LogP contribution in [0.3, 0.4) is 0 Å². The van der Waals surface area contributed by atoms with Crippen molar-refractivity contribution in [3.63, 3.8) is 0 Å². The lowest BCUT2D eigenvalue weighted by Crippen LogP contribution is -2.55. The Kier molecular flexibility index (Phi) is 4.13. The van der Waals surface area contributed by atoms with E-state index in [1.165, 1.54) is 0 Å². The molecule has 1 saturated heterocycles. The topological polar surface area (TPSA) is 83.6 Å². The Labute approximate surface area is 114 Å². The van der Waals surface area contributed by atoms with E-state index in [-0.39, 0.29) is 17.9 Å². The highest BCUT2D eigenvalue weighted by molar-refractivity contribution is 5.88. The minimum atomic E-state index is -0.974. The summed E-state index contributed by atoms with van der Waals surface area (Å²) in [7, 11) is 0. The maximum absolute atomic E-state index is 12.6. The summed E-state index contributed by atoms with van der Waals surface area (Å²) in [6.45, 7) is 2.43. The number of carbonyl (C=O) groups excluding carboxylic acids is 1. The molecule has 19 heavy (non-hydrogen) atoms. The number of nitrogens with zero attached hydrogens (tertiary/aromatic N) is 1. The van der Waals surface area contributed by atoms with Crippen molar-refractivity contribution in [3.05, 3.63) is 0 Å². The van der Waals surface area contributed by atoms with Crippen molar-refractivity contribution in [3.8, 4) is 0 Å². The first-order valence-electron chi connectivity index (χ1n) is 7.31. The fraction of sp³-hybridized carbons (Fsp3) is 0.857. The van der Waals surface area contributed by atoms with Gasteiger partial charge in [0.25, 0.3) is 0 Å². The molecule has 2 aliphatic rings. The van der Waals surface area contributed by atoms with Gasteiger partial charge in [-0.2, -0.15) is 0 Å². The molecule has 0 radical (unpaired) electrons. The SMILES string of the molecule is CCC1(C(=O)O)CCCN1C(=O)C1CCCC(N)C1. The van der Waals surface area contributed by atoms with E-state index < -0.39 is 11.5 Å². The number of hydrogen-bond donors (Lipinski definition) is 2. The van der Waals surface area contributed by atoms with Crippen LogP contribution in [0.5, 0.6) is 0 Å². The second-order valence-electron chi connectivity index (χ2n) is 5.91. The van der Waals surface area contributed by atoms with Crippen molar-refractivity contribution in [1.82, 2.24) is 4.90 Å². The van der Waals surface area contributed by atoms with Gasteiger partial charge in [-0.15, -0.1) is 0 Å². The van der Waals surface area contributed by atoms with Crippen molar-refractivity contribution in [2.24, 2.45) is 11.7 Å². The molecule has 2 fully saturated rings. The minimum absolute atomic E-state index is 0.0110. The predicted octanol–water partition coefficient (Wildman–Crippen LogP) is 1.36. The molecule has 3 unspecified atom stereocenters. The first-order valence-corrected chi connectivity index (χ1v) is 7.31. The third-order valence-corrected chi connectivity index (χ3v) is 4.80. The zero-order valence-electron chi connectivity index (χ0n) is 11.6. The first kappa shape index (κ1) is 14.3. The Balaban J connectivity index is 2.15. The van der Waals surface area contributed by atoms with Crippen LogP contribution >= 0.6 is 0 Å². The molecule has 1 amide bonds. The summed E-state index contributed by atoms with van der Waals surface area (Å²) in [6.07, 6.45) is 5.33. The van der Waals surface area contributed by atoms with Crippen molar-refractivity contribution in [1.29, 1.82) is 0 Å². The van der Waals surface area contributed by atoms with Crippen molar-refractivity contribution < 1.29 is 14.7 Å². The summed E-state index contributed by atoms with van der Waals surface area (Å²) in [5, 5.41) is 9.51. The van der Waals surface area contributed by atoms with E-state index in [0.717, 1.165) is 25.7 Å². The molecule has 5 nitrogen and oxygen atoms in total. The summed E-state index contributed by atoms with van der Waals surface area (Å²) < 4.78 is 0. The molecule has 0 spiro atoms. The zero-order chi connectivity index (χ0) is 14.0. The Morgan fingerprint density at radius 2 is 2.11 bits per heavy atom. The Hall–Kier alpha value is -1.10. The Morgan fingerprint density at radius 1 is 1.37 bits per heavy atom. The number of hydrogen-bond acceptors (Lipinski definition) is 3. The van der Waals surface area contributed by atoms with Crippen LogP contribution in [0.15, 0.2) is 0 Å². The van der Waals surface area contributed by atoms with Gasteiger partial charge in [0, 0.05) is 18.5 Å². The lowest BCUT2D eigenvalue weighted by molar-refractivity contribution is -0.159. The average Bonchev–Trinajstić information content (AvgIpc) is 2.82. The average molecular weight is 268 g/mol. The largest absolute Gasteiger partial charge is 0.479 e. The van der Waals surface area contributed by atoms with Crippen LogP contribution in [-0.2, 0) is 9.59 Å². The second-order valence-corrected chi connectivity index (χ2v) is 5.91. The quantitative estimate of drug-likeness (QED) is 0.809. The Bertz CT molecular complexity index is 372. The van der Waals surface area contributed by atoms with Gasteiger partial charge in [-0.25, -0.2) is 4.79 Å². The molecule has 0 aromatic heterocycles. The van der Waals surface area contributed by atoms with E-state index in [2.05, 4.69) is 0 Å². The lowest BCUT2D eigenvalue weighted by Gasteiger charge is -2.37. The summed E-state index contributed by atoms with van der Waals surface area (Å²) >= 11 is 0. The van der Waals surface area contributed by atoms with Gasteiger partial charge in [-0.3, -0.25) is 4.79 Å². The van der Waals surface area contributed by atoms with Crippen LogP contribution in [0.2, 0.25) is 0 Å². The normalized spacial score (nSPS) is 35.4. The third-order valence-electron chi connectivity index (χ3n) is 4.80. The molecule has 2 rings (SSSR count). The van der Waals surface area contributed by atoms with E-state index in [0.29, 0.717) is 25.8 Å². The van der Waals surface area contributed by atoms with Crippen LogP contribution in [-0.4, -0.2) is 40.0 Å². The minimum Gasteiger partial charge on any atom is -0.479 e. The molecule has 3 atom stereocenters. The first-order chi connectivity index (χ1) is 9.01. The van der Waals surface area contributed by atoms with Crippen LogP contribution in [0.25, 0.3) is 0 Å². The molecular weight excluding hydrogens is 244 g/mol. The standard InChI is InChI=1S/C14H24N2O3/c1-2-14(13(18)19)7-4-8-16(14)12(17)10-5-3-6-11(15)9-10/h10-11H,2-9,15H2,1H3,(H,18,19). The van der Waals surface area contributed by atoms with Crippen molar-refractivity contribution >= 4 is 11.9 Å². The molecule has 3 N–H and O–H groups in total. The predicted molar refractivity (Wildman–Crippen MR) is 71.5 cm³/mol. The number of nitrogens with two attached hydrogens (primary N) is 1. The van der Waals surface area contributed by atoms with Crippen LogP contribution in [0.1, 0.15) is 51.9 Å². The van der Waals surface area contributed by atoms with Gasteiger partial charge in [0.15, 0.2) is 0 Å². The number of carboxylic acid groups (broad SMARTS) is 1. The molecule has 1 heterocycles. The maximum Gasteiger partial charge on any atom is 0.329 e. The highest BCUT2D eigenvalue weighted by Crippen LogP contribution is 2.36. The molecule has 1 aliphatic heterocycles. The van der Waals surface area contributed by atoms with Crippen molar-refractivity contribution in [2.45, 2.75) is 63.5 Å². The van der Waals surface area contributed by atoms with Gasteiger partial charge in [0.05, 0.1) is 0 Å². The van der Waals surface area contributed by atoms with E-state index >= 15 is 0 Å². The molecule has 5 heteroatoms. The molecule has 0 aromatic carbocycles. The van der Waals surface area contributed by atoms with Gasteiger partial charge in [-0.1, -0.05) is 13.3 Å². The van der Waals surface area contributed by atoms with Gasteiger partial charge in [0.2, 0.25) is 5.91 Å². The fourth-order valence-corrected chi connectivity index (χ4v) is 3.61. The molecule has 1 saturated carbocycles. The third kappa shape index (κ3) is 2.48. The monoisotopic (exact) mass is 268 g/mol. The number of likely N-dealkylation sites (tertiary alicyclic amines) is 1. The van der Waals surface area contributed by atoms with E-state index in [1.807, 2.05) is 6.92 Å². The number of carbonyl (C=O) groups is 2. The highest BCUT2D eigenvalue weighted by atomic mass is 16.4. The van der Waals surface area contributed by atoms with Crippen LogP contribution in [0.4, 0.5) is 0 Å². The number of rotatable bonds is 3. The van der Waals surface area contributed by atoms with E-state index in [1.54, 1.807) is 4.90 Å². The summed E-state index contributed by atoms with van der Waals surface area (Å²) in [5.41, 5.74) is 4.96. The second kappa shape index (κ2) is 5.49. The molecule has 108 valence electrons. The van der Waals surface area contributed by atoms with Gasteiger partial charge in [-0.05, 0) is 38.5 Å². The van der Waals surface area contributed by atoms with Crippen LogP contribution < -0.4 is 5.73 Å². The summed E-state index contributed by atoms with van der Waals surface area (Å²) in [6, 6.07) is 0.0890. The summed E-state index contributed by atoms with van der Waals surface area (Å²) in [5.74, 6) is -0.926. The van der Waals surface area contributed by atoms with E-state index in [4.69, 9.17) is 5.73 Å². The number of carboxylic acids is 1. The van der Waals surface area contributed by atoms with E-state index in [9.17, 15) is 14.7 Å². The van der Waals surface area contributed by atoms with Gasteiger partial charge >= 0.3 is 5.97 Å². The lowest BCUT2D eigenvalue weighted by atomic mass is 9.84. The number of amides is 1. The molecular formula is C14H24N2O3. The van der Waals surface area contributed by atoms with Crippen molar-refractivity contribution in [2.75, 3.05) is 6.54 Å².